The average Bonchev–Trinajstić information content (AvgIpc) is 2.64. The summed E-state index contributed by atoms with van der Waals surface area (Å²) >= 11 is 10.9. The molecule has 0 spiro atoms. The van der Waals surface area contributed by atoms with Crippen LogP contribution < -0.4 is 10.6 Å². The number of carbonyl (C=O) groups is 2. The van der Waals surface area contributed by atoms with Crippen LogP contribution in [-0.2, 0) is 20.7 Å². The average molecular weight is 405 g/mol. The van der Waals surface area contributed by atoms with E-state index in [1.165, 1.54) is 5.56 Å². The second-order valence-electron chi connectivity index (χ2n) is 5.82. The van der Waals surface area contributed by atoms with Gasteiger partial charge in [-0.1, -0.05) is 48.0 Å². The molecule has 27 heavy (non-hydrogen) atoms. The maximum atomic E-state index is 11.9. The monoisotopic (exact) mass is 404 g/mol. The normalized spacial score (nSPS) is 10.1. The quantitative estimate of drug-likeness (QED) is 0.393. The molecule has 0 bridgehead atoms. The molecule has 2 N–H and O–H groups in total. The smallest absolute Gasteiger partial charge is 0.306 e. The first-order valence-corrected chi connectivity index (χ1v) is 9.37. The van der Waals surface area contributed by atoms with Gasteiger partial charge in [0.25, 0.3) is 0 Å². The largest absolute Gasteiger partial charge is 0.466 e. The number of benzene rings is 2. The van der Waals surface area contributed by atoms with E-state index in [2.05, 4.69) is 10.6 Å². The lowest BCUT2D eigenvalue weighted by Gasteiger charge is -2.10. The third-order valence-corrected chi connectivity index (χ3v) is 4.05. The molecule has 0 aliphatic rings. The zero-order chi connectivity index (χ0) is 19.5. The lowest BCUT2D eigenvalue weighted by Crippen LogP contribution is -2.34. The Morgan fingerprint density at radius 3 is 2.56 bits per heavy atom. The van der Waals surface area contributed by atoms with Crippen molar-refractivity contribution in [2.24, 2.45) is 0 Å². The van der Waals surface area contributed by atoms with E-state index in [1.807, 2.05) is 30.3 Å². The summed E-state index contributed by atoms with van der Waals surface area (Å²) in [5.41, 5.74) is 1.87. The molecule has 0 aliphatic heterocycles. The van der Waals surface area contributed by atoms with Gasteiger partial charge in [-0.2, -0.15) is 0 Å². The number of hydrogen-bond acceptors (Lipinski definition) is 4. The molecule has 0 saturated carbocycles. The molecule has 142 valence electrons. The summed E-state index contributed by atoms with van der Waals surface area (Å²) in [7, 11) is 0. The van der Waals surface area contributed by atoms with Crippen LogP contribution in [0.1, 0.15) is 24.8 Å². The number of halogens is 1. The molecule has 0 aliphatic carbocycles. The Kier molecular flexibility index (Phi) is 8.74. The van der Waals surface area contributed by atoms with Crippen molar-refractivity contribution in [3.05, 3.63) is 65.2 Å². The molecular weight excluding hydrogens is 384 g/mol. The maximum Gasteiger partial charge on any atom is 0.306 e. The molecular formula is C20H21ClN2O3S. The molecule has 0 heterocycles. The lowest BCUT2D eigenvalue weighted by atomic mass is 10.1. The van der Waals surface area contributed by atoms with E-state index >= 15 is 0 Å². The Balaban J connectivity index is 1.58. The van der Waals surface area contributed by atoms with Crippen LogP contribution >= 0.6 is 23.8 Å². The summed E-state index contributed by atoms with van der Waals surface area (Å²) in [5.74, 6) is -0.748. The number of nitrogens with one attached hydrogen (secondary N) is 2. The number of aryl methyl sites for hydroxylation is 1. The molecule has 0 fully saturated rings. The van der Waals surface area contributed by atoms with Crippen LogP contribution in [0.3, 0.4) is 0 Å². The molecule has 0 aromatic heterocycles. The van der Waals surface area contributed by atoms with Crippen molar-refractivity contribution in [3.8, 4) is 0 Å². The molecule has 5 nitrogen and oxygen atoms in total. The van der Waals surface area contributed by atoms with Crippen molar-refractivity contribution in [1.82, 2.24) is 5.32 Å². The van der Waals surface area contributed by atoms with E-state index in [1.54, 1.807) is 24.3 Å². The van der Waals surface area contributed by atoms with Gasteiger partial charge in [-0.3, -0.25) is 9.59 Å². The first-order valence-electron chi connectivity index (χ1n) is 8.59. The van der Waals surface area contributed by atoms with Crippen molar-refractivity contribution in [1.29, 1.82) is 0 Å². The summed E-state index contributed by atoms with van der Waals surface area (Å²) in [6.07, 6.45) is 1.61. The Labute approximate surface area is 169 Å². The van der Waals surface area contributed by atoms with Gasteiger partial charge in [0, 0.05) is 17.1 Å². The second kappa shape index (κ2) is 11.3. The number of esters is 1. The highest BCUT2D eigenvalue weighted by molar-refractivity contribution is 7.80. The fourth-order valence-corrected chi connectivity index (χ4v) is 2.73. The van der Waals surface area contributed by atoms with Crippen molar-refractivity contribution < 1.29 is 14.3 Å². The van der Waals surface area contributed by atoms with Crippen LogP contribution in [0, 0.1) is 0 Å². The molecule has 0 saturated heterocycles. The van der Waals surface area contributed by atoms with E-state index in [0.29, 0.717) is 17.3 Å². The fourth-order valence-electron chi connectivity index (χ4n) is 2.31. The minimum atomic E-state index is -0.396. The molecule has 2 rings (SSSR count). The van der Waals surface area contributed by atoms with Crippen molar-refractivity contribution in [3.63, 3.8) is 0 Å². The van der Waals surface area contributed by atoms with Crippen LogP contribution in [0.2, 0.25) is 5.02 Å². The highest BCUT2D eigenvalue weighted by Gasteiger charge is 2.10. The van der Waals surface area contributed by atoms with Gasteiger partial charge < -0.3 is 15.4 Å². The van der Waals surface area contributed by atoms with Gasteiger partial charge in [0.1, 0.15) is 0 Å². The Bertz CT molecular complexity index is 784. The van der Waals surface area contributed by atoms with Gasteiger partial charge in [-0.15, -0.1) is 0 Å². The van der Waals surface area contributed by atoms with Crippen LogP contribution in [0.15, 0.2) is 54.6 Å². The summed E-state index contributed by atoms with van der Waals surface area (Å²) in [6, 6.07) is 17.0. The number of rotatable bonds is 8. The summed E-state index contributed by atoms with van der Waals surface area (Å²) in [6.45, 7) is 0.337. The van der Waals surface area contributed by atoms with E-state index in [9.17, 15) is 9.59 Å². The van der Waals surface area contributed by atoms with Crippen LogP contribution in [0.5, 0.6) is 0 Å². The van der Waals surface area contributed by atoms with E-state index in [0.717, 1.165) is 12.8 Å². The van der Waals surface area contributed by atoms with Crippen LogP contribution in [0.25, 0.3) is 0 Å². The van der Waals surface area contributed by atoms with Gasteiger partial charge in [0.05, 0.1) is 13.0 Å². The number of thiocarbonyl (C=S) groups is 1. The van der Waals surface area contributed by atoms with Gasteiger partial charge in [-0.05, 0) is 48.8 Å². The maximum absolute atomic E-state index is 11.9. The van der Waals surface area contributed by atoms with Gasteiger partial charge in [-0.25, -0.2) is 0 Å². The molecule has 2 aromatic rings. The molecule has 0 unspecified atom stereocenters. The number of carbonyl (C=O) groups excluding carboxylic acids is 2. The SMILES string of the molecule is O=C(CCC(=O)OCCCc1ccccc1)NC(=S)Nc1cccc(Cl)c1. The molecule has 0 radical (unpaired) electrons. The number of anilines is 1. The van der Waals surface area contributed by atoms with Gasteiger partial charge in [0.15, 0.2) is 5.11 Å². The first kappa shape index (κ1) is 20.9. The topological polar surface area (TPSA) is 67.4 Å². The van der Waals surface area contributed by atoms with Gasteiger partial charge >= 0.3 is 5.97 Å². The predicted molar refractivity (Wildman–Crippen MR) is 111 cm³/mol. The first-order chi connectivity index (χ1) is 13.0. The number of hydrogen-bond donors (Lipinski definition) is 2. The number of amides is 1. The fraction of sp³-hybridized carbons (Fsp3) is 0.250. The highest BCUT2D eigenvalue weighted by atomic mass is 35.5. The molecule has 2 aromatic carbocycles. The van der Waals surface area contributed by atoms with E-state index < -0.39 is 5.97 Å². The van der Waals surface area contributed by atoms with E-state index in [4.69, 9.17) is 28.6 Å². The zero-order valence-electron chi connectivity index (χ0n) is 14.7. The zero-order valence-corrected chi connectivity index (χ0v) is 16.3. The van der Waals surface area contributed by atoms with Crippen molar-refractivity contribution >= 4 is 46.5 Å². The molecule has 0 atom stereocenters. The van der Waals surface area contributed by atoms with E-state index in [-0.39, 0.29) is 23.9 Å². The standard InChI is InChI=1S/C20H21ClN2O3S/c21-16-9-4-10-17(14-16)22-20(27)23-18(24)11-12-19(25)26-13-5-8-15-6-2-1-3-7-15/h1-4,6-7,9-10,14H,5,8,11-13H2,(H2,22,23,24,27). The number of ether oxygens (including phenoxy) is 1. The van der Waals surface area contributed by atoms with Crippen molar-refractivity contribution in [2.45, 2.75) is 25.7 Å². The minimum absolute atomic E-state index is 0.00881. The Morgan fingerprint density at radius 1 is 1.04 bits per heavy atom. The summed E-state index contributed by atoms with van der Waals surface area (Å²) < 4.78 is 5.15. The Hall–Kier alpha value is -2.44. The second-order valence-corrected chi connectivity index (χ2v) is 6.67. The van der Waals surface area contributed by atoms with Crippen molar-refractivity contribution in [2.75, 3.05) is 11.9 Å². The Morgan fingerprint density at radius 2 is 1.81 bits per heavy atom. The summed E-state index contributed by atoms with van der Waals surface area (Å²) in [5, 5.41) is 6.09. The predicted octanol–water partition coefficient (Wildman–Crippen LogP) is 4.11. The molecule has 1 amide bonds. The molecule has 7 heteroatoms. The summed E-state index contributed by atoms with van der Waals surface area (Å²) in [4.78, 5) is 23.6. The van der Waals surface area contributed by atoms with Gasteiger partial charge in [0.2, 0.25) is 5.91 Å². The highest BCUT2D eigenvalue weighted by Crippen LogP contribution is 2.14. The minimum Gasteiger partial charge on any atom is -0.466 e. The third-order valence-electron chi connectivity index (χ3n) is 3.61. The lowest BCUT2D eigenvalue weighted by molar-refractivity contribution is -0.145. The third kappa shape index (κ3) is 8.66. The van der Waals surface area contributed by atoms with Crippen LogP contribution in [-0.4, -0.2) is 23.6 Å². The van der Waals surface area contributed by atoms with Crippen LogP contribution in [0.4, 0.5) is 5.69 Å².